The molecule has 2 amide bonds. The molecule has 1 heterocycles. The molecule has 0 bridgehead atoms. The van der Waals surface area contributed by atoms with Gasteiger partial charge in [0.1, 0.15) is 5.76 Å². The summed E-state index contributed by atoms with van der Waals surface area (Å²) < 4.78 is 4.95. The molecule has 0 atom stereocenters. The SMILES string of the molecule is NNC(=O)NCc1ccco1. The fourth-order valence-corrected chi connectivity index (χ4v) is 0.632. The molecule has 0 aliphatic carbocycles. The molecule has 5 heteroatoms. The third-order valence-electron chi connectivity index (χ3n) is 1.13. The maximum atomic E-state index is 10.5. The number of hydrogen-bond acceptors (Lipinski definition) is 3. The van der Waals surface area contributed by atoms with E-state index < -0.39 is 6.03 Å². The Balaban J connectivity index is 2.29. The van der Waals surface area contributed by atoms with Gasteiger partial charge in [-0.25, -0.2) is 10.6 Å². The first-order chi connectivity index (χ1) is 5.33. The molecule has 0 saturated heterocycles. The van der Waals surface area contributed by atoms with Crippen molar-refractivity contribution in [1.82, 2.24) is 10.7 Å². The van der Waals surface area contributed by atoms with Crippen LogP contribution in [-0.4, -0.2) is 6.03 Å². The molecule has 5 nitrogen and oxygen atoms in total. The molecule has 11 heavy (non-hydrogen) atoms. The van der Waals surface area contributed by atoms with Gasteiger partial charge in [-0.3, -0.25) is 5.43 Å². The fourth-order valence-electron chi connectivity index (χ4n) is 0.632. The highest BCUT2D eigenvalue weighted by molar-refractivity contribution is 5.72. The van der Waals surface area contributed by atoms with Crippen LogP contribution in [0.15, 0.2) is 22.8 Å². The number of furan rings is 1. The zero-order valence-corrected chi connectivity index (χ0v) is 5.83. The Labute approximate surface area is 63.5 Å². The van der Waals surface area contributed by atoms with E-state index in [-0.39, 0.29) is 0 Å². The molecule has 1 rings (SSSR count). The summed E-state index contributed by atoms with van der Waals surface area (Å²) in [7, 11) is 0. The normalized spacial score (nSPS) is 9.18. The van der Waals surface area contributed by atoms with Gasteiger partial charge in [0.15, 0.2) is 0 Å². The van der Waals surface area contributed by atoms with Gasteiger partial charge in [0.25, 0.3) is 0 Å². The second-order valence-electron chi connectivity index (χ2n) is 1.91. The molecule has 0 saturated carbocycles. The zero-order valence-electron chi connectivity index (χ0n) is 5.83. The van der Waals surface area contributed by atoms with Crippen LogP contribution in [0.5, 0.6) is 0 Å². The van der Waals surface area contributed by atoms with Crippen LogP contribution in [0.25, 0.3) is 0 Å². The lowest BCUT2D eigenvalue weighted by Crippen LogP contribution is -2.39. The molecule has 60 valence electrons. The van der Waals surface area contributed by atoms with Gasteiger partial charge < -0.3 is 9.73 Å². The van der Waals surface area contributed by atoms with Crippen molar-refractivity contribution in [2.75, 3.05) is 0 Å². The molecule has 1 aromatic rings. The number of carbonyl (C=O) groups excluding carboxylic acids is 1. The minimum Gasteiger partial charge on any atom is -0.467 e. The number of hydrazine groups is 1. The highest BCUT2D eigenvalue weighted by atomic mass is 16.3. The molecular formula is C6H9N3O2. The molecule has 0 spiro atoms. The van der Waals surface area contributed by atoms with Crippen molar-refractivity contribution in [3.8, 4) is 0 Å². The largest absolute Gasteiger partial charge is 0.467 e. The van der Waals surface area contributed by atoms with E-state index >= 15 is 0 Å². The Morgan fingerprint density at radius 2 is 2.55 bits per heavy atom. The van der Waals surface area contributed by atoms with Gasteiger partial charge in [-0.05, 0) is 12.1 Å². The average molecular weight is 155 g/mol. The maximum Gasteiger partial charge on any atom is 0.329 e. The molecule has 0 unspecified atom stereocenters. The van der Waals surface area contributed by atoms with Gasteiger partial charge in [-0.2, -0.15) is 0 Å². The van der Waals surface area contributed by atoms with Crippen LogP contribution in [0.3, 0.4) is 0 Å². The van der Waals surface area contributed by atoms with Crippen molar-refractivity contribution in [2.45, 2.75) is 6.54 Å². The first-order valence-electron chi connectivity index (χ1n) is 3.10. The lowest BCUT2D eigenvalue weighted by atomic mass is 10.4. The lowest BCUT2D eigenvalue weighted by Gasteiger charge is -1.99. The van der Waals surface area contributed by atoms with Crippen LogP contribution < -0.4 is 16.6 Å². The molecule has 0 fully saturated rings. The Morgan fingerprint density at radius 3 is 3.09 bits per heavy atom. The molecule has 0 radical (unpaired) electrons. The molecule has 1 aromatic heterocycles. The average Bonchev–Trinajstić information content (AvgIpc) is 2.52. The third kappa shape index (κ3) is 2.30. The number of urea groups is 1. The number of amides is 2. The van der Waals surface area contributed by atoms with Crippen LogP contribution in [-0.2, 0) is 6.54 Å². The lowest BCUT2D eigenvalue weighted by molar-refractivity contribution is 0.240. The first-order valence-corrected chi connectivity index (χ1v) is 3.10. The monoisotopic (exact) mass is 155 g/mol. The molecule has 0 aliphatic heterocycles. The predicted molar refractivity (Wildman–Crippen MR) is 38.3 cm³/mol. The maximum absolute atomic E-state index is 10.5. The highest BCUT2D eigenvalue weighted by Crippen LogP contribution is 1.97. The van der Waals surface area contributed by atoms with Crippen LogP contribution in [0.1, 0.15) is 5.76 Å². The third-order valence-corrected chi connectivity index (χ3v) is 1.13. The second-order valence-corrected chi connectivity index (χ2v) is 1.91. The van der Waals surface area contributed by atoms with E-state index in [9.17, 15) is 4.79 Å². The minimum atomic E-state index is -0.429. The van der Waals surface area contributed by atoms with Crippen molar-refractivity contribution in [3.05, 3.63) is 24.2 Å². The topological polar surface area (TPSA) is 80.3 Å². The standard InChI is InChI=1S/C6H9N3O2/c7-9-6(10)8-4-5-2-1-3-11-5/h1-3H,4,7H2,(H2,8,9,10). The van der Waals surface area contributed by atoms with Crippen molar-refractivity contribution in [1.29, 1.82) is 0 Å². The van der Waals surface area contributed by atoms with Crippen molar-refractivity contribution >= 4 is 6.03 Å². The van der Waals surface area contributed by atoms with E-state index in [1.54, 1.807) is 12.1 Å². The van der Waals surface area contributed by atoms with Crippen molar-refractivity contribution in [2.24, 2.45) is 5.84 Å². The summed E-state index contributed by atoms with van der Waals surface area (Å²) in [5, 5.41) is 2.47. The summed E-state index contributed by atoms with van der Waals surface area (Å²) in [5.41, 5.74) is 1.94. The number of carbonyl (C=O) groups is 1. The Hall–Kier alpha value is -1.49. The summed E-state index contributed by atoms with van der Waals surface area (Å²) in [4.78, 5) is 10.5. The summed E-state index contributed by atoms with van der Waals surface area (Å²) in [6.07, 6.45) is 1.54. The van der Waals surface area contributed by atoms with Gasteiger partial charge >= 0.3 is 6.03 Å². The van der Waals surface area contributed by atoms with Gasteiger partial charge in [0, 0.05) is 0 Å². The minimum absolute atomic E-state index is 0.343. The summed E-state index contributed by atoms with van der Waals surface area (Å²) >= 11 is 0. The summed E-state index contributed by atoms with van der Waals surface area (Å²) in [6.45, 7) is 0.343. The van der Waals surface area contributed by atoms with Crippen molar-refractivity contribution < 1.29 is 9.21 Å². The molecule has 0 aromatic carbocycles. The van der Waals surface area contributed by atoms with E-state index in [0.717, 1.165) is 0 Å². The van der Waals surface area contributed by atoms with Crippen LogP contribution in [0, 0.1) is 0 Å². The first kappa shape index (κ1) is 7.62. The molecule has 0 aliphatic rings. The number of nitrogens with two attached hydrogens (primary N) is 1. The van der Waals surface area contributed by atoms with E-state index in [0.29, 0.717) is 12.3 Å². The van der Waals surface area contributed by atoms with Gasteiger partial charge in [-0.1, -0.05) is 0 Å². The second kappa shape index (κ2) is 3.62. The van der Waals surface area contributed by atoms with E-state index in [1.165, 1.54) is 6.26 Å². The zero-order chi connectivity index (χ0) is 8.10. The Kier molecular flexibility index (Phi) is 2.51. The van der Waals surface area contributed by atoms with Crippen LogP contribution in [0.4, 0.5) is 4.79 Å². The predicted octanol–water partition coefficient (Wildman–Crippen LogP) is -0.0475. The van der Waals surface area contributed by atoms with Crippen molar-refractivity contribution in [3.63, 3.8) is 0 Å². The number of nitrogens with one attached hydrogen (secondary N) is 2. The van der Waals surface area contributed by atoms with E-state index in [2.05, 4.69) is 5.32 Å². The van der Waals surface area contributed by atoms with E-state index in [1.807, 2.05) is 5.43 Å². The number of rotatable bonds is 2. The Morgan fingerprint density at radius 1 is 1.73 bits per heavy atom. The molecular weight excluding hydrogens is 146 g/mol. The quantitative estimate of drug-likeness (QED) is 0.318. The van der Waals surface area contributed by atoms with Crippen LogP contribution >= 0.6 is 0 Å². The van der Waals surface area contributed by atoms with Gasteiger partial charge in [0.2, 0.25) is 0 Å². The van der Waals surface area contributed by atoms with Gasteiger partial charge in [-0.15, -0.1) is 0 Å². The Bertz CT molecular complexity index is 220. The van der Waals surface area contributed by atoms with E-state index in [4.69, 9.17) is 10.3 Å². The molecule has 4 N–H and O–H groups in total. The van der Waals surface area contributed by atoms with Crippen LogP contribution in [0.2, 0.25) is 0 Å². The number of hydrogen-bond donors (Lipinski definition) is 3. The highest BCUT2D eigenvalue weighted by Gasteiger charge is 1.97. The smallest absolute Gasteiger partial charge is 0.329 e. The summed E-state index contributed by atoms with van der Waals surface area (Å²) in [6, 6.07) is 3.08. The fraction of sp³-hybridized carbons (Fsp3) is 0.167. The van der Waals surface area contributed by atoms with Gasteiger partial charge in [0.05, 0.1) is 12.8 Å². The summed E-state index contributed by atoms with van der Waals surface area (Å²) in [5.74, 6) is 5.51.